The lowest BCUT2D eigenvalue weighted by Crippen LogP contribution is -2.25. The highest BCUT2D eigenvalue weighted by Gasteiger charge is 2.11. The zero-order valence-electron chi connectivity index (χ0n) is 13.8. The fourth-order valence-electron chi connectivity index (χ4n) is 2.50. The van der Waals surface area contributed by atoms with Crippen molar-refractivity contribution in [2.24, 2.45) is 0 Å². The van der Waals surface area contributed by atoms with Gasteiger partial charge in [0.2, 0.25) is 0 Å². The zero-order valence-corrected chi connectivity index (χ0v) is 13.8. The molecule has 0 radical (unpaired) electrons. The number of rotatable bonds is 5. The van der Waals surface area contributed by atoms with Gasteiger partial charge >= 0.3 is 5.97 Å². The minimum atomic E-state index is -1.07. The Bertz CT molecular complexity index is 992. The fourth-order valence-corrected chi connectivity index (χ4v) is 2.50. The Morgan fingerprint density at radius 3 is 2.19 bits per heavy atom. The summed E-state index contributed by atoms with van der Waals surface area (Å²) < 4.78 is 1.51. The van der Waals surface area contributed by atoms with Crippen LogP contribution < -0.4 is 10.9 Å². The maximum atomic E-state index is 12.6. The first-order valence-electron chi connectivity index (χ1n) is 7.92. The molecule has 0 unspecified atom stereocenters. The molecule has 26 heavy (non-hydrogen) atoms. The number of carboxylic acids is 1. The van der Waals surface area contributed by atoms with E-state index in [9.17, 15) is 14.4 Å². The van der Waals surface area contributed by atoms with Gasteiger partial charge in [0, 0.05) is 11.8 Å². The standard InChI is InChI=1S/C20H16N2O4/c23-18(15-8-10-16(11-9-15)20(25)26)21-17-7-4-12-22(19(17)24)13-14-5-2-1-3-6-14/h1-12H,13H2,(H,21,23)(H,25,26). The summed E-state index contributed by atoms with van der Waals surface area (Å²) in [5.41, 5.74) is 1.18. The van der Waals surface area contributed by atoms with E-state index >= 15 is 0 Å². The van der Waals surface area contributed by atoms with Gasteiger partial charge in [0.25, 0.3) is 11.5 Å². The third-order valence-corrected chi connectivity index (χ3v) is 3.86. The van der Waals surface area contributed by atoms with Crippen LogP contribution >= 0.6 is 0 Å². The van der Waals surface area contributed by atoms with E-state index in [2.05, 4.69) is 5.32 Å². The number of hydrogen-bond donors (Lipinski definition) is 2. The lowest BCUT2D eigenvalue weighted by atomic mass is 10.1. The van der Waals surface area contributed by atoms with Crippen molar-refractivity contribution in [3.8, 4) is 0 Å². The quantitative estimate of drug-likeness (QED) is 0.742. The average Bonchev–Trinajstić information content (AvgIpc) is 2.66. The van der Waals surface area contributed by atoms with Crippen LogP contribution in [0.1, 0.15) is 26.3 Å². The normalized spacial score (nSPS) is 10.3. The number of carbonyl (C=O) groups excluding carboxylic acids is 1. The van der Waals surface area contributed by atoms with Gasteiger partial charge in [-0.05, 0) is 42.0 Å². The topological polar surface area (TPSA) is 88.4 Å². The first kappa shape index (κ1) is 17.2. The Labute approximate surface area is 149 Å². The molecule has 0 aliphatic rings. The second-order valence-corrected chi connectivity index (χ2v) is 5.68. The molecule has 0 fully saturated rings. The lowest BCUT2D eigenvalue weighted by Gasteiger charge is -2.09. The number of benzene rings is 2. The van der Waals surface area contributed by atoms with E-state index in [-0.39, 0.29) is 22.4 Å². The highest BCUT2D eigenvalue weighted by Crippen LogP contribution is 2.08. The molecular weight excluding hydrogens is 332 g/mol. The molecule has 0 saturated heterocycles. The van der Waals surface area contributed by atoms with Crippen LogP contribution in [0.3, 0.4) is 0 Å². The van der Waals surface area contributed by atoms with Crippen LogP contribution in [-0.4, -0.2) is 21.6 Å². The van der Waals surface area contributed by atoms with Gasteiger partial charge in [-0.25, -0.2) is 4.79 Å². The summed E-state index contributed by atoms with van der Waals surface area (Å²) in [5, 5.41) is 11.5. The van der Waals surface area contributed by atoms with Gasteiger partial charge in [0.1, 0.15) is 5.69 Å². The van der Waals surface area contributed by atoms with Crippen molar-refractivity contribution >= 4 is 17.6 Å². The second-order valence-electron chi connectivity index (χ2n) is 5.68. The van der Waals surface area contributed by atoms with Gasteiger partial charge in [-0.15, -0.1) is 0 Å². The predicted molar refractivity (Wildman–Crippen MR) is 97.6 cm³/mol. The minimum Gasteiger partial charge on any atom is -0.478 e. The second kappa shape index (κ2) is 7.48. The van der Waals surface area contributed by atoms with Crippen molar-refractivity contribution < 1.29 is 14.7 Å². The summed E-state index contributed by atoms with van der Waals surface area (Å²) in [7, 11) is 0. The smallest absolute Gasteiger partial charge is 0.335 e. The molecular formula is C20H16N2O4. The molecule has 0 bridgehead atoms. The van der Waals surface area contributed by atoms with Crippen LogP contribution in [0.25, 0.3) is 0 Å². The average molecular weight is 348 g/mol. The Morgan fingerprint density at radius 2 is 1.54 bits per heavy atom. The van der Waals surface area contributed by atoms with Crippen LogP contribution in [0.2, 0.25) is 0 Å². The molecule has 0 saturated carbocycles. The van der Waals surface area contributed by atoms with Crippen molar-refractivity contribution in [2.45, 2.75) is 6.54 Å². The SMILES string of the molecule is O=C(O)c1ccc(C(=O)Nc2cccn(Cc3ccccc3)c2=O)cc1. The minimum absolute atomic E-state index is 0.0893. The summed E-state index contributed by atoms with van der Waals surface area (Å²) in [6.45, 7) is 0.399. The van der Waals surface area contributed by atoms with Crippen molar-refractivity contribution in [1.82, 2.24) is 4.57 Å². The van der Waals surface area contributed by atoms with E-state index in [4.69, 9.17) is 5.11 Å². The third-order valence-electron chi connectivity index (χ3n) is 3.86. The molecule has 3 rings (SSSR count). The number of carbonyl (C=O) groups is 2. The largest absolute Gasteiger partial charge is 0.478 e. The number of pyridine rings is 1. The predicted octanol–water partition coefficient (Wildman–Crippen LogP) is 2.85. The summed E-state index contributed by atoms with van der Waals surface area (Å²) in [6, 6.07) is 18.3. The van der Waals surface area contributed by atoms with E-state index in [1.54, 1.807) is 12.3 Å². The molecule has 2 N–H and O–H groups in total. The highest BCUT2D eigenvalue weighted by atomic mass is 16.4. The van der Waals surface area contributed by atoms with Gasteiger partial charge in [-0.1, -0.05) is 30.3 Å². The van der Waals surface area contributed by atoms with Gasteiger partial charge in [0.05, 0.1) is 12.1 Å². The van der Waals surface area contributed by atoms with E-state index in [1.165, 1.54) is 34.9 Å². The molecule has 1 heterocycles. The molecule has 6 heteroatoms. The van der Waals surface area contributed by atoms with Crippen molar-refractivity contribution in [3.63, 3.8) is 0 Å². The molecule has 1 aromatic heterocycles. The van der Waals surface area contributed by atoms with Crippen LogP contribution in [0.15, 0.2) is 77.7 Å². The van der Waals surface area contributed by atoms with Gasteiger partial charge in [-0.2, -0.15) is 0 Å². The molecule has 2 aromatic carbocycles. The Morgan fingerprint density at radius 1 is 0.885 bits per heavy atom. The number of hydrogen-bond acceptors (Lipinski definition) is 3. The summed E-state index contributed by atoms with van der Waals surface area (Å²) >= 11 is 0. The van der Waals surface area contributed by atoms with Crippen LogP contribution in [0, 0.1) is 0 Å². The fraction of sp³-hybridized carbons (Fsp3) is 0.0500. The number of anilines is 1. The van der Waals surface area contributed by atoms with E-state index in [1.807, 2.05) is 30.3 Å². The Hall–Kier alpha value is -3.67. The van der Waals surface area contributed by atoms with E-state index < -0.39 is 11.9 Å². The monoisotopic (exact) mass is 348 g/mol. The lowest BCUT2D eigenvalue weighted by molar-refractivity contribution is 0.0696. The molecule has 1 amide bonds. The molecule has 0 aliphatic carbocycles. The molecule has 0 atom stereocenters. The maximum absolute atomic E-state index is 12.6. The van der Waals surface area contributed by atoms with E-state index in [0.717, 1.165) is 5.56 Å². The molecule has 0 aliphatic heterocycles. The highest BCUT2D eigenvalue weighted by molar-refractivity contribution is 6.04. The van der Waals surface area contributed by atoms with Gasteiger partial charge in [-0.3, -0.25) is 9.59 Å². The Kier molecular flexibility index (Phi) is 4.94. The number of nitrogens with zero attached hydrogens (tertiary/aromatic N) is 1. The van der Waals surface area contributed by atoms with Crippen molar-refractivity contribution in [2.75, 3.05) is 5.32 Å². The van der Waals surface area contributed by atoms with Crippen LogP contribution in [0.4, 0.5) is 5.69 Å². The number of nitrogens with one attached hydrogen (secondary N) is 1. The number of amides is 1. The summed E-state index contributed by atoms with van der Waals surface area (Å²) in [4.78, 5) is 35.7. The molecule has 3 aromatic rings. The summed E-state index contributed by atoms with van der Waals surface area (Å²) in [6.07, 6.45) is 1.66. The van der Waals surface area contributed by atoms with Crippen molar-refractivity contribution in [3.05, 3.63) is 100.0 Å². The molecule has 130 valence electrons. The van der Waals surface area contributed by atoms with Crippen LogP contribution in [0.5, 0.6) is 0 Å². The molecule has 0 spiro atoms. The number of aromatic carboxylic acids is 1. The molecule has 6 nitrogen and oxygen atoms in total. The zero-order chi connectivity index (χ0) is 18.5. The Balaban J connectivity index is 1.79. The van der Waals surface area contributed by atoms with Gasteiger partial charge < -0.3 is 15.0 Å². The summed E-state index contributed by atoms with van der Waals surface area (Å²) in [5.74, 6) is -1.54. The first-order chi connectivity index (χ1) is 12.5. The maximum Gasteiger partial charge on any atom is 0.335 e. The third kappa shape index (κ3) is 3.87. The van der Waals surface area contributed by atoms with Gasteiger partial charge in [0.15, 0.2) is 0 Å². The number of aromatic nitrogens is 1. The van der Waals surface area contributed by atoms with E-state index in [0.29, 0.717) is 6.54 Å². The van der Waals surface area contributed by atoms with Crippen molar-refractivity contribution in [1.29, 1.82) is 0 Å². The van der Waals surface area contributed by atoms with Crippen LogP contribution in [-0.2, 0) is 6.54 Å². The first-order valence-corrected chi connectivity index (χ1v) is 7.92. The number of carboxylic acid groups (broad SMARTS) is 1.